The summed E-state index contributed by atoms with van der Waals surface area (Å²) in [6.45, 7) is -0.317. The molecule has 4 rings (SSSR count). The van der Waals surface area contributed by atoms with Crippen LogP contribution in [0.5, 0.6) is 11.5 Å². The van der Waals surface area contributed by atoms with Gasteiger partial charge >= 0.3 is 5.97 Å². The molecule has 0 saturated heterocycles. The van der Waals surface area contributed by atoms with Gasteiger partial charge < -0.3 is 9.47 Å². The highest BCUT2D eigenvalue weighted by Gasteiger charge is 2.16. The molecule has 0 aromatic heterocycles. The number of carbonyl (C=O) groups excluding carboxylic acids is 2. The fourth-order valence-corrected chi connectivity index (χ4v) is 3.89. The van der Waals surface area contributed by atoms with Crippen LogP contribution in [0.15, 0.2) is 84.0 Å². The maximum absolute atomic E-state index is 12.7. The van der Waals surface area contributed by atoms with Gasteiger partial charge in [0.1, 0.15) is 11.5 Å². The molecule has 0 radical (unpaired) electrons. The molecule has 1 N–H and O–H groups in total. The van der Waals surface area contributed by atoms with E-state index in [1.807, 2.05) is 30.3 Å². The van der Waals surface area contributed by atoms with Gasteiger partial charge in [-0.1, -0.05) is 77.3 Å². The Balaban J connectivity index is 1.51. The predicted molar refractivity (Wildman–Crippen MR) is 138 cm³/mol. The largest absolute Gasteiger partial charge is 0.482 e. The molecule has 1 amide bonds. The molecule has 0 heterocycles. The summed E-state index contributed by atoms with van der Waals surface area (Å²) < 4.78 is 11.0. The summed E-state index contributed by atoms with van der Waals surface area (Å²) >= 11 is 18.0. The van der Waals surface area contributed by atoms with Gasteiger partial charge in [0.05, 0.1) is 21.8 Å². The molecule has 0 bridgehead atoms. The summed E-state index contributed by atoms with van der Waals surface area (Å²) in [5, 5.41) is 6.72. The van der Waals surface area contributed by atoms with Gasteiger partial charge in [0.15, 0.2) is 6.61 Å². The van der Waals surface area contributed by atoms with Crippen LogP contribution in [0.2, 0.25) is 15.1 Å². The van der Waals surface area contributed by atoms with E-state index in [1.54, 1.807) is 42.5 Å². The summed E-state index contributed by atoms with van der Waals surface area (Å²) in [5.74, 6) is -0.547. The number of nitrogens with one attached hydrogen (secondary N) is 1. The molecule has 0 saturated carbocycles. The summed E-state index contributed by atoms with van der Waals surface area (Å²) in [5.41, 5.74) is 3.13. The van der Waals surface area contributed by atoms with Crippen molar-refractivity contribution in [3.63, 3.8) is 0 Å². The minimum Gasteiger partial charge on any atom is -0.482 e. The van der Waals surface area contributed by atoms with Crippen molar-refractivity contribution < 1.29 is 19.1 Å². The highest BCUT2D eigenvalue weighted by atomic mass is 35.5. The van der Waals surface area contributed by atoms with Crippen molar-refractivity contribution in [3.05, 3.63) is 105 Å². The van der Waals surface area contributed by atoms with Gasteiger partial charge in [-0.05, 0) is 47.2 Å². The number of rotatable bonds is 7. The second kappa shape index (κ2) is 11.2. The van der Waals surface area contributed by atoms with E-state index in [4.69, 9.17) is 44.3 Å². The van der Waals surface area contributed by atoms with Crippen molar-refractivity contribution in [1.82, 2.24) is 5.43 Å². The van der Waals surface area contributed by atoms with Crippen molar-refractivity contribution in [2.75, 3.05) is 6.61 Å². The van der Waals surface area contributed by atoms with Crippen LogP contribution in [0.25, 0.3) is 10.8 Å². The van der Waals surface area contributed by atoms with Crippen molar-refractivity contribution in [1.29, 1.82) is 0 Å². The van der Waals surface area contributed by atoms with E-state index in [0.29, 0.717) is 16.3 Å². The normalized spacial score (nSPS) is 10.9. The van der Waals surface area contributed by atoms with E-state index in [2.05, 4.69) is 10.5 Å². The highest BCUT2D eigenvalue weighted by Crippen LogP contribution is 2.29. The van der Waals surface area contributed by atoms with Crippen LogP contribution < -0.4 is 14.9 Å². The Morgan fingerprint density at radius 2 is 1.60 bits per heavy atom. The Morgan fingerprint density at radius 1 is 0.857 bits per heavy atom. The van der Waals surface area contributed by atoms with Crippen molar-refractivity contribution in [2.45, 2.75) is 0 Å². The SMILES string of the molecule is O=C(COc1ccc(Cl)cc1Cl)N/N=C\c1c(OC(=O)c2ccccc2Cl)ccc2ccccc12. The van der Waals surface area contributed by atoms with E-state index >= 15 is 0 Å². The minimum atomic E-state index is -0.613. The molecule has 0 aliphatic rings. The third kappa shape index (κ3) is 6.11. The van der Waals surface area contributed by atoms with E-state index in [0.717, 1.165) is 10.8 Å². The van der Waals surface area contributed by atoms with Crippen molar-refractivity contribution >= 4 is 63.7 Å². The third-order valence-corrected chi connectivity index (χ3v) is 5.72. The predicted octanol–water partition coefficient (Wildman–Crippen LogP) is 6.55. The van der Waals surface area contributed by atoms with Gasteiger partial charge in [-0.3, -0.25) is 4.79 Å². The molecule has 0 atom stereocenters. The first-order valence-corrected chi connectivity index (χ1v) is 11.4. The first kappa shape index (κ1) is 24.5. The maximum atomic E-state index is 12.7. The van der Waals surface area contributed by atoms with E-state index in [-0.39, 0.29) is 28.0 Å². The van der Waals surface area contributed by atoms with Crippen LogP contribution >= 0.6 is 34.8 Å². The average Bonchev–Trinajstić information content (AvgIpc) is 2.84. The summed E-state index contributed by atoms with van der Waals surface area (Å²) in [4.78, 5) is 24.9. The number of benzene rings is 4. The van der Waals surface area contributed by atoms with Crippen LogP contribution in [0.4, 0.5) is 0 Å². The van der Waals surface area contributed by atoms with E-state index in [1.165, 1.54) is 12.3 Å². The lowest BCUT2D eigenvalue weighted by Gasteiger charge is -2.11. The number of amides is 1. The monoisotopic (exact) mass is 526 g/mol. The summed E-state index contributed by atoms with van der Waals surface area (Å²) in [6, 6.07) is 22.3. The van der Waals surface area contributed by atoms with Crippen LogP contribution in [0.3, 0.4) is 0 Å². The quantitative estimate of drug-likeness (QED) is 0.128. The first-order valence-electron chi connectivity index (χ1n) is 10.3. The summed E-state index contributed by atoms with van der Waals surface area (Å²) in [6.07, 6.45) is 1.41. The maximum Gasteiger partial charge on any atom is 0.345 e. The van der Waals surface area contributed by atoms with Gasteiger partial charge in [-0.2, -0.15) is 5.10 Å². The van der Waals surface area contributed by atoms with Gasteiger partial charge in [-0.15, -0.1) is 0 Å². The second-order valence-electron chi connectivity index (χ2n) is 7.22. The third-order valence-electron chi connectivity index (χ3n) is 4.86. The number of nitrogens with zero attached hydrogens (tertiary/aromatic N) is 1. The molecule has 6 nitrogen and oxygen atoms in total. The number of hydrogen-bond donors (Lipinski definition) is 1. The molecule has 0 unspecified atom stereocenters. The summed E-state index contributed by atoms with van der Waals surface area (Å²) in [7, 11) is 0. The Labute approximate surface area is 216 Å². The van der Waals surface area contributed by atoms with Gasteiger partial charge in [0, 0.05) is 10.6 Å². The zero-order valence-electron chi connectivity index (χ0n) is 18.0. The Bertz CT molecular complexity index is 1440. The molecular weight excluding hydrogens is 511 g/mol. The fourth-order valence-electron chi connectivity index (χ4n) is 3.22. The Kier molecular flexibility index (Phi) is 7.87. The molecule has 0 aliphatic heterocycles. The zero-order valence-corrected chi connectivity index (χ0v) is 20.3. The van der Waals surface area contributed by atoms with Crippen LogP contribution in [0, 0.1) is 0 Å². The molecular formula is C26H17Cl3N2O4. The van der Waals surface area contributed by atoms with Crippen LogP contribution in [0.1, 0.15) is 15.9 Å². The molecule has 9 heteroatoms. The van der Waals surface area contributed by atoms with Crippen LogP contribution in [-0.2, 0) is 4.79 Å². The van der Waals surface area contributed by atoms with E-state index < -0.39 is 11.9 Å². The lowest BCUT2D eigenvalue weighted by atomic mass is 10.0. The second-order valence-corrected chi connectivity index (χ2v) is 8.48. The standard InChI is InChI=1S/C26H17Cl3N2O4/c27-17-10-12-24(22(29)13-17)34-15-25(32)31-30-14-20-18-6-2-1-5-16(18)9-11-23(20)35-26(33)19-7-3-4-8-21(19)28/h1-14H,15H2,(H,31,32)/b30-14-. The highest BCUT2D eigenvalue weighted by molar-refractivity contribution is 6.35. The Hall–Kier alpha value is -3.58. The smallest absolute Gasteiger partial charge is 0.345 e. The number of fused-ring (bicyclic) bond motifs is 1. The van der Waals surface area contributed by atoms with Gasteiger partial charge in [0.2, 0.25) is 0 Å². The molecule has 0 aliphatic carbocycles. The number of ether oxygens (including phenoxy) is 2. The molecule has 4 aromatic rings. The van der Waals surface area contributed by atoms with Crippen LogP contribution in [-0.4, -0.2) is 24.7 Å². The molecule has 35 heavy (non-hydrogen) atoms. The minimum absolute atomic E-state index is 0.233. The van der Waals surface area contributed by atoms with Crippen molar-refractivity contribution in [3.8, 4) is 11.5 Å². The Morgan fingerprint density at radius 3 is 2.40 bits per heavy atom. The lowest BCUT2D eigenvalue weighted by molar-refractivity contribution is -0.123. The zero-order chi connectivity index (χ0) is 24.8. The number of hydrazone groups is 1. The topological polar surface area (TPSA) is 77.0 Å². The van der Waals surface area contributed by atoms with E-state index in [9.17, 15) is 9.59 Å². The first-order chi connectivity index (χ1) is 16.9. The van der Waals surface area contributed by atoms with Gasteiger partial charge in [-0.25, -0.2) is 10.2 Å². The molecule has 0 fully saturated rings. The molecule has 0 spiro atoms. The lowest BCUT2D eigenvalue weighted by Crippen LogP contribution is -2.24. The fraction of sp³-hybridized carbons (Fsp3) is 0.0385. The number of esters is 1. The number of halogens is 3. The number of hydrogen-bond acceptors (Lipinski definition) is 5. The molecule has 176 valence electrons. The molecule has 4 aromatic carbocycles. The number of carbonyl (C=O) groups is 2. The average molecular weight is 528 g/mol. The van der Waals surface area contributed by atoms with Gasteiger partial charge in [0.25, 0.3) is 5.91 Å². The van der Waals surface area contributed by atoms with Crippen molar-refractivity contribution in [2.24, 2.45) is 5.10 Å².